The van der Waals surface area contributed by atoms with Gasteiger partial charge >= 0.3 is 11.9 Å². The zero-order valence-corrected chi connectivity index (χ0v) is 11.9. The zero-order valence-electron chi connectivity index (χ0n) is 10.4. The molecular formula is C13H14Cl2O3. The topological polar surface area (TPSA) is 43.4 Å². The van der Waals surface area contributed by atoms with Gasteiger partial charge < -0.3 is 4.74 Å². The fourth-order valence-corrected chi connectivity index (χ4v) is 1.43. The van der Waals surface area contributed by atoms with Crippen LogP contribution < -0.4 is 0 Å². The van der Waals surface area contributed by atoms with Gasteiger partial charge in [-0.1, -0.05) is 29.3 Å². The van der Waals surface area contributed by atoms with E-state index in [1.165, 1.54) is 0 Å². The minimum Gasteiger partial charge on any atom is -0.393 e. The second kappa shape index (κ2) is 5.72. The van der Waals surface area contributed by atoms with Crippen LogP contribution >= 0.6 is 23.2 Å². The Kier molecular flexibility index (Phi) is 4.77. The highest BCUT2D eigenvalue weighted by Gasteiger charge is 2.25. The maximum absolute atomic E-state index is 11.5. The van der Waals surface area contributed by atoms with Crippen LogP contribution in [0.2, 0.25) is 10.0 Å². The molecule has 0 aliphatic rings. The molecule has 0 radical (unpaired) electrons. The third-order valence-corrected chi connectivity index (χ3v) is 2.89. The lowest BCUT2D eigenvalue weighted by Crippen LogP contribution is -2.26. The van der Waals surface area contributed by atoms with E-state index in [2.05, 4.69) is 0 Å². The zero-order chi connectivity index (χ0) is 13.9. The molecule has 0 saturated heterocycles. The van der Waals surface area contributed by atoms with Gasteiger partial charge in [0.2, 0.25) is 0 Å². The van der Waals surface area contributed by atoms with Crippen LogP contribution in [0.3, 0.4) is 0 Å². The van der Waals surface area contributed by atoms with Crippen molar-refractivity contribution in [3.63, 3.8) is 0 Å². The SMILES string of the molecule is CC(C)(C)C(=O)OC(=O)Cc1ccc(Cl)c(Cl)c1. The van der Waals surface area contributed by atoms with E-state index in [0.29, 0.717) is 15.6 Å². The number of rotatable bonds is 2. The van der Waals surface area contributed by atoms with Crippen molar-refractivity contribution in [2.75, 3.05) is 0 Å². The highest BCUT2D eigenvalue weighted by atomic mass is 35.5. The van der Waals surface area contributed by atoms with Crippen molar-refractivity contribution >= 4 is 35.1 Å². The summed E-state index contributed by atoms with van der Waals surface area (Å²) in [6.45, 7) is 5.05. The first-order chi connectivity index (χ1) is 8.20. The first-order valence-corrected chi connectivity index (χ1v) is 6.15. The Morgan fingerprint density at radius 1 is 1.17 bits per heavy atom. The van der Waals surface area contributed by atoms with Crippen molar-refractivity contribution in [3.05, 3.63) is 33.8 Å². The first kappa shape index (κ1) is 15.0. The van der Waals surface area contributed by atoms with Gasteiger partial charge in [0, 0.05) is 0 Å². The van der Waals surface area contributed by atoms with Gasteiger partial charge in [-0.25, -0.2) is 0 Å². The molecule has 1 aromatic carbocycles. The van der Waals surface area contributed by atoms with Crippen LogP contribution in [0.4, 0.5) is 0 Å². The predicted molar refractivity (Wildman–Crippen MR) is 70.7 cm³/mol. The van der Waals surface area contributed by atoms with Gasteiger partial charge in [-0.15, -0.1) is 0 Å². The second-order valence-corrected chi connectivity index (χ2v) is 5.75. The maximum Gasteiger partial charge on any atom is 0.318 e. The number of carbonyl (C=O) groups excluding carboxylic acids is 2. The van der Waals surface area contributed by atoms with Gasteiger partial charge in [-0.2, -0.15) is 0 Å². The molecule has 0 atom stereocenters. The Bertz CT molecular complexity index is 476. The third-order valence-electron chi connectivity index (χ3n) is 2.15. The molecule has 0 aromatic heterocycles. The molecule has 0 aliphatic carbocycles. The van der Waals surface area contributed by atoms with E-state index in [1.807, 2.05) is 0 Å². The summed E-state index contributed by atoms with van der Waals surface area (Å²) >= 11 is 11.6. The molecule has 0 fully saturated rings. The summed E-state index contributed by atoms with van der Waals surface area (Å²) in [4.78, 5) is 23.0. The molecule has 3 nitrogen and oxygen atoms in total. The lowest BCUT2D eigenvalue weighted by atomic mass is 9.97. The van der Waals surface area contributed by atoms with E-state index in [4.69, 9.17) is 27.9 Å². The molecule has 18 heavy (non-hydrogen) atoms. The molecule has 0 heterocycles. The first-order valence-electron chi connectivity index (χ1n) is 5.39. The highest BCUT2D eigenvalue weighted by Crippen LogP contribution is 2.23. The van der Waals surface area contributed by atoms with E-state index in [0.717, 1.165) is 0 Å². The minimum absolute atomic E-state index is 0.0152. The molecule has 0 bridgehead atoms. The van der Waals surface area contributed by atoms with Crippen molar-refractivity contribution in [2.45, 2.75) is 27.2 Å². The average molecular weight is 289 g/mol. The number of esters is 2. The van der Waals surface area contributed by atoms with E-state index in [9.17, 15) is 9.59 Å². The Morgan fingerprint density at radius 2 is 1.78 bits per heavy atom. The average Bonchev–Trinajstić information content (AvgIpc) is 2.22. The van der Waals surface area contributed by atoms with Gasteiger partial charge in [-0.3, -0.25) is 9.59 Å². The summed E-state index contributed by atoms with van der Waals surface area (Å²) in [5.41, 5.74) is -0.0519. The molecule has 0 spiro atoms. The van der Waals surface area contributed by atoms with E-state index in [-0.39, 0.29) is 6.42 Å². The van der Waals surface area contributed by atoms with E-state index < -0.39 is 17.4 Å². The van der Waals surface area contributed by atoms with Gasteiger partial charge in [0.15, 0.2) is 0 Å². The smallest absolute Gasteiger partial charge is 0.318 e. The molecule has 0 unspecified atom stereocenters. The normalized spacial score (nSPS) is 11.2. The summed E-state index contributed by atoms with van der Waals surface area (Å²) in [5, 5.41) is 0.781. The Labute approximate surface area is 116 Å². The molecule has 5 heteroatoms. The van der Waals surface area contributed by atoms with Crippen molar-refractivity contribution in [3.8, 4) is 0 Å². The van der Waals surface area contributed by atoms with Crippen LogP contribution in [0.25, 0.3) is 0 Å². The molecule has 0 saturated carbocycles. The van der Waals surface area contributed by atoms with Gasteiger partial charge in [0.25, 0.3) is 0 Å². The van der Waals surface area contributed by atoms with Crippen LogP contribution in [0.1, 0.15) is 26.3 Å². The quantitative estimate of drug-likeness (QED) is 0.616. The number of halogens is 2. The Hall–Kier alpha value is -1.06. The van der Waals surface area contributed by atoms with E-state index in [1.54, 1.807) is 39.0 Å². The Balaban J connectivity index is 2.65. The molecule has 0 N–H and O–H groups in total. The van der Waals surface area contributed by atoms with Gasteiger partial charge in [-0.05, 0) is 38.5 Å². The van der Waals surface area contributed by atoms with Crippen molar-refractivity contribution in [2.24, 2.45) is 5.41 Å². The molecule has 0 aliphatic heterocycles. The fraction of sp³-hybridized carbons (Fsp3) is 0.385. The molecular weight excluding hydrogens is 275 g/mol. The molecule has 0 amide bonds. The lowest BCUT2D eigenvalue weighted by Gasteiger charge is -2.15. The van der Waals surface area contributed by atoms with Crippen LogP contribution in [0.5, 0.6) is 0 Å². The molecule has 98 valence electrons. The number of hydrogen-bond donors (Lipinski definition) is 0. The number of hydrogen-bond acceptors (Lipinski definition) is 3. The van der Waals surface area contributed by atoms with Gasteiger partial charge in [0.05, 0.1) is 21.9 Å². The van der Waals surface area contributed by atoms with Crippen molar-refractivity contribution in [1.29, 1.82) is 0 Å². The highest BCUT2D eigenvalue weighted by molar-refractivity contribution is 6.42. The minimum atomic E-state index is -0.701. The van der Waals surface area contributed by atoms with Crippen molar-refractivity contribution < 1.29 is 14.3 Å². The van der Waals surface area contributed by atoms with Crippen LogP contribution in [-0.2, 0) is 20.7 Å². The largest absolute Gasteiger partial charge is 0.393 e. The molecule has 1 aromatic rings. The summed E-state index contributed by atoms with van der Waals surface area (Å²) in [5.74, 6) is -1.15. The lowest BCUT2D eigenvalue weighted by molar-refractivity contribution is -0.165. The van der Waals surface area contributed by atoms with Crippen molar-refractivity contribution in [1.82, 2.24) is 0 Å². The van der Waals surface area contributed by atoms with Crippen LogP contribution in [-0.4, -0.2) is 11.9 Å². The number of benzene rings is 1. The summed E-state index contributed by atoms with van der Waals surface area (Å²) in [6, 6.07) is 4.84. The number of carbonyl (C=O) groups is 2. The second-order valence-electron chi connectivity index (χ2n) is 4.94. The molecule has 1 rings (SSSR count). The number of ether oxygens (including phenoxy) is 1. The Morgan fingerprint density at radius 3 is 2.28 bits per heavy atom. The third kappa shape index (κ3) is 4.31. The van der Waals surface area contributed by atoms with Crippen LogP contribution in [0.15, 0.2) is 18.2 Å². The van der Waals surface area contributed by atoms with Gasteiger partial charge in [0.1, 0.15) is 0 Å². The summed E-state index contributed by atoms with van der Waals surface area (Å²) in [7, 11) is 0. The monoisotopic (exact) mass is 288 g/mol. The maximum atomic E-state index is 11.5. The summed E-state index contributed by atoms with van der Waals surface area (Å²) < 4.78 is 4.73. The van der Waals surface area contributed by atoms with Crippen LogP contribution in [0, 0.1) is 5.41 Å². The summed E-state index contributed by atoms with van der Waals surface area (Å²) in [6.07, 6.45) is -0.0152. The predicted octanol–water partition coefficient (Wildman–Crippen LogP) is 3.65. The fourth-order valence-electron chi connectivity index (χ4n) is 1.11. The standard InChI is InChI=1S/C13H14Cl2O3/c1-13(2,3)12(17)18-11(16)7-8-4-5-9(14)10(15)6-8/h4-6H,7H2,1-3H3. The van der Waals surface area contributed by atoms with E-state index >= 15 is 0 Å².